The molecule has 8 nitrogen and oxygen atoms in total. The van der Waals surface area contributed by atoms with Gasteiger partial charge in [-0.15, -0.1) is 0 Å². The van der Waals surface area contributed by atoms with Crippen LogP contribution >= 0.6 is 0 Å². The molecule has 2 aliphatic heterocycles. The standard InChI is InChI=1S/C30H34N6O2/c1-29(2,3)38-28(37)36-17-14-30(21-36)12-15-35(16-13-30)26-24(19-31)20-32-27(34-26)33-25-11-7-10-23(18-25)22-8-5-4-6-9-22/h4-11,18,20H,12-17,21H2,1-3H3,(H,32,33,34). The molecular weight excluding hydrogens is 476 g/mol. The van der Waals surface area contributed by atoms with Gasteiger partial charge in [0.15, 0.2) is 5.82 Å². The highest BCUT2D eigenvalue weighted by Gasteiger charge is 2.43. The Balaban J connectivity index is 1.27. The minimum absolute atomic E-state index is 0.0895. The van der Waals surface area contributed by atoms with Gasteiger partial charge in [0.25, 0.3) is 0 Å². The van der Waals surface area contributed by atoms with Crippen molar-refractivity contribution in [1.29, 1.82) is 5.26 Å². The molecule has 0 atom stereocenters. The van der Waals surface area contributed by atoms with Crippen LogP contribution in [-0.2, 0) is 4.74 Å². The highest BCUT2D eigenvalue weighted by Crippen LogP contribution is 2.42. The number of benzene rings is 2. The molecule has 3 aromatic rings. The number of ether oxygens (including phenoxy) is 1. The molecule has 0 unspecified atom stereocenters. The normalized spacial score (nSPS) is 16.8. The van der Waals surface area contributed by atoms with Crippen LogP contribution < -0.4 is 10.2 Å². The summed E-state index contributed by atoms with van der Waals surface area (Å²) in [6.07, 6.45) is 4.20. The Labute approximate surface area is 224 Å². The molecule has 2 fully saturated rings. The predicted molar refractivity (Wildman–Crippen MR) is 148 cm³/mol. The molecule has 2 saturated heterocycles. The molecule has 2 aromatic carbocycles. The van der Waals surface area contributed by atoms with E-state index in [9.17, 15) is 10.1 Å². The van der Waals surface area contributed by atoms with Crippen LogP contribution in [0.2, 0.25) is 0 Å². The molecule has 1 aromatic heterocycles. The third-order valence-electron chi connectivity index (χ3n) is 7.33. The zero-order chi connectivity index (χ0) is 26.8. The van der Waals surface area contributed by atoms with Gasteiger partial charge in [0.2, 0.25) is 5.95 Å². The number of carbonyl (C=O) groups excluding carboxylic acids is 1. The van der Waals surface area contributed by atoms with Crippen molar-refractivity contribution in [3.63, 3.8) is 0 Å². The van der Waals surface area contributed by atoms with Gasteiger partial charge in [0.1, 0.15) is 17.2 Å². The molecule has 1 spiro atoms. The second-order valence-corrected chi connectivity index (χ2v) is 11.3. The van der Waals surface area contributed by atoms with Crippen molar-refractivity contribution in [2.45, 2.75) is 45.6 Å². The van der Waals surface area contributed by atoms with Gasteiger partial charge in [0.05, 0.1) is 6.20 Å². The number of anilines is 3. The van der Waals surface area contributed by atoms with Gasteiger partial charge in [-0.2, -0.15) is 10.2 Å². The molecule has 0 aliphatic carbocycles. The third kappa shape index (κ3) is 5.72. The number of nitrogens with zero attached hydrogens (tertiary/aromatic N) is 5. The van der Waals surface area contributed by atoms with Crippen molar-refractivity contribution in [2.24, 2.45) is 5.41 Å². The fraction of sp³-hybridized carbons (Fsp3) is 0.400. The predicted octanol–water partition coefficient (Wildman–Crippen LogP) is 5.99. The summed E-state index contributed by atoms with van der Waals surface area (Å²) in [6, 6.07) is 20.6. The number of aromatic nitrogens is 2. The van der Waals surface area contributed by atoms with E-state index in [2.05, 4.69) is 45.5 Å². The average Bonchev–Trinajstić information content (AvgIpc) is 3.32. The average molecular weight is 511 g/mol. The smallest absolute Gasteiger partial charge is 0.410 e. The first kappa shape index (κ1) is 25.5. The molecule has 0 bridgehead atoms. The molecule has 5 rings (SSSR count). The van der Waals surface area contributed by atoms with Gasteiger partial charge in [0, 0.05) is 31.9 Å². The lowest BCUT2D eigenvalue weighted by atomic mass is 9.78. The van der Waals surface area contributed by atoms with Crippen molar-refractivity contribution in [2.75, 3.05) is 36.4 Å². The summed E-state index contributed by atoms with van der Waals surface area (Å²) >= 11 is 0. The van der Waals surface area contributed by atoms with Gasteiger partial charge in [-0.25, -0.2) is 9.78 Å². The number of hydrogen-bond donors (Lipinski definition) is 1. The summed E-state index contributed by atoms with van der Waals surface area (Å²) in [4.78, 5) is 25.8. The maximum atomic E-state index is 12.6. The molecule has 3 heterocycles. The second-order valence-electron chi connectivity index (χ2n) is 11.3. The van der Waals surface area contributed by atoms with Gasteiger partial charge >= 0.3 is 6.09 Å². The van der Waals surface area contributed by atoms with Crippen molar-refractivity contribution < 1.29 is 9.53 Å². The Morgan fingerprint density at radius 2 is 1.74 bits per heavy atom. The highest BCUT2D eigenvalue weighted by atomic mass is 16.6. The minimum Gasteiger partial charge on any atom is -0.444 e. The fourth-order valence-corrected chi connectivity index (χ4v) is 5.31. The summed E-state index contributed by atoms with van der Waals surface area (Å²) in [5, 5.41) is 13.1. The van der Waals surface area contributed by atoms with E-state index < -0.39 is 5.60 Å². The van der Waals surface area contributed by atoms with Crippen LogP contribution in [0.3, 0.4) is 0 Å². The van der Waals surface area contributed by atoms with Crippen LogP contribution in [0.5, 0.6) is 0 Å². The van der Waals surface area contributed by atoms with Gasteiger partial charge in [-0.1, -0.05) is 42.5 Å². The fourth-order valence-electron chi connectivity index (χ4n) is 5.31. The number of nitrogens with one attached hydrogen (secondary N) is 1. The minimum atomic E-state index is -0.495. The Hall–Kier alpha value is -4.12. The van der Waals surface area contributed by atoms with Crippen LogP contribution in [0.1, 0.15) is 45.6 Å². The van der Waals surface area contributed by atoms with Crippen molar-refractivity contribution >= 4 is 23.5 Å². The Morgan fingerprint density at radius 3 is 2.45 bits per heavy atom. The first-order valence-corrected chi connectivity index (χ1v) is 13.2. The molecule has 0 saturated carbocycles. The Bertz CT molecular complexity index is 1340. The number of piperidine rings is 1. The number of likely N-dealkylation sites (tertiary alicyclic amines) is 1. The topological polar surface area (TPSA) is 94.4 Å². The first-order chi connectivity index (χ1) is 18.2. The summed E-state index contributed by atoms with van der Waals surface area (Å²) < 4.78 is 5.59. The molecule has 1 N–H and O–H groups in total. The molecule has 1 amide bonds. The number of carbonyl (C=O) groups is 1. The van der Waals surface area contributed by atoms with Gasteiger partial charge < -0.3 is 19.9 Å². The molecule has 0 radical (unpaired) electrons. The molecule has 8 heteroatoms. The maximum Gasteiger partial charge on any atom is 0.410 e. The van der Waals surface area contributed by atoms with E-state index >= 15 is 0 Å². The number of nitriles is 1. The van der Waals surface area contributed by atoms with E-state index in [1.165, 1.54) is 0 Å². The molecule has 196 valence electrons. The van der Waals surface area contributed by atoms with E-state index in [0.717, 1.165) is 62.3 Å². The van der Waals surface area contributed by atoms with Crippen LogP contribution in [0.15, 0.2) is 60.8 Å². The third-order valence-corrected chi connectivity index (χ3v) is 7.33. The lowest BCUT2D eigenvalue weighted by Crippen LogP contribution is -2.43. The molecule has 38 heavy (non-hydrogen) atoms. The van der Waals surface area contributed by atoms with E-state index in [4.69, 9.17) is 9.72 Å². The lowest BCUT2D eigenvalue weighted by Gasteiger charge is -2.40. The maximum absolute atomic E-state index is 12.6. The van der Waals surface area contributed by atoms with Crippen molar-refractivity contribution in [1.82, 2.24) is 14.9 Å². The number of hydrogen-bond acceptors (Lipinski definition) is 7. The van der Waals surface area contributed by atoms with E-state index in [-0.39, 0.29) is 11.5 Å². The monoisotopic (exact) mass is 510 g/mol. The Kier molecular flexibility index (Phi) is 6.94. The summed E-state index contributed by atoms with van der Waals surface area (Å²) in [5.41, 5.74) is 3.18. The highest BCUT2D eigenvalue weighted by molar-refractivity contribution is 5.70. The second kappa shape index (κ2) is 10.3. The van der Waals surface area contributed by atoms with E-state index in [1.807, 2.05) is 56.0 Å². The molecule has 2 aliphatic rings. The number of rotatable bonds is 4. The number of amides is 1. The first-order valence-electron chi connectivity index (χ1n) is 13.2. The van der Waals surface area contributed by atoms with E-state index in [1.54, 1.807) is 6.20 Å². The Morgan fingerprint density at radius 1 is 1.03 bits per heavy atom. The zero-order valence-electron chi connectivity index (χ0n) is 22.3. The van der Waals surface area contributed by atoms with Crippen molar-refractivity contribution in [3.8, 4) is 17.2 Å². The van der Waals surface area contributed by atoms with Gasteiger partial charge in [-0.3, -0.25) is 0 Å². The largest absolute Gasteiger partial charge is 0.444 e. The van der Waals surface area contributed by atoms with Crippen LogP contribution in [0, 0.1) is 16.7 Å². The lowest BCUT2D eigenvalue weighted by molar-refractivity contribution is 0.0266. The van der Waals surface area contributed by atoms with Crippen LogP contribution in [0.4, 0.5) is 22.2 Å². The summed E-state index contributed by atoms with van der Waals surface area (Å²) in [6.45, 7) is 8.68. The van der Waals surface area contributed by atoms with Crippen LogP contribution in [-0.4, -0.2) is 52.7 Å². The SMILES string of the molecule is CC(C)(C)OC(=O)N1CCC2(CCN(c3nc(Nc4cccc(-c5ccccc5)c4)ncc3C#N)CC2)C1. The summed E-state index contributed by atoms with van der Waals surface area (Å²) in [5.74, 6) is 1.11. The van der Waals surface area contributed by atoms with E-state index in [0.29, 0.717) is 17.3 Å². The van der Waals surface area contributed by atoms with Crippen molar-refractivity contribution in [3.05, 3.63) is 66.4 Å². The molecular formula is C30H34N6O2. The van der Waals surface area contributed by atoms with Crippen LogP contribution in [0.25, 0.3) is 11.1 Å². The zero-order valence-corrected chi connectivity index (χ0v) is 22.3. The summed E-state index contributed by atoms with van der Waals surface area (Å²) in [7, 11) is 0. The van der Waals surface area contributed by atoms with Gasteiger partial charge in [-0.05, 0) is 68.7 Å². The quantitative estimate of drug-likeness (QED) is 0.461.